The van der Waals surface area contributed by atoms with E-state index in [1.54, 1.807) is 6.92 Å². The molecular formula is C6H8O2S. The zero-order valence-corrected chi connectivity index (χ0v) is 6.03. The van der Waals surface area contributed by atoms with Crippen LogP contribution in [0.2, 0.25) is 0 Å². The second-order valence-corrected chi connectivity index (χ2v) is 3.20. The first-order valence-electron chi connectivity index (χ1n) is 2.91. The van der Waals surface area contributed by atoms with Crippen LogP contribution in [-0.2, 0) is 9.59 Å². The molecule has 50 valence electrons. The molecule has 1 aliphatic heterocycles. The van der Waals surface area contributed by atoms with Crippen LogP contribution in [0.4, 0.5) is 0 Å². The van der Waals surface area contributed by atoms with Gasteiger partial charge in [0.25, 0.3) is 0 Å². The van der Waals surface area contributed by atoms with E-state index < -0.39 is 0 Å². The van der Waals surface area contributed by atoms with Crippen molar-refractivity contribution in [2.45, 2.75) is 13.3 Å². The van der Waals surface area contributed by atoms with Crippen LogP contribution in [0.25, 0.3) is 0 Å². The van der Waals surface area contributed by atoms with Crippen LogP contribution in [-0.4, -0.2) is 16.7 Å². The maximum atomic E-state index is 10.8. The Kier molecular flexibility index (Phi) is 1.90. The standard InChI is InChI=1S/C6H8O2S/c1-4-5(7)2-3-9-6(4)8/h4H,2-3H2,1H3. The van der Waals surface area contributed by atoms with Gasteiger partial charge in [-0.2, -0.15) is 0 Å². The molecule has 0 amide bonds. The highest BCUT2D eigenvalue weighted by Gasteiger charge is 2.25. The van der Waals surface area contributed by atoms with Gasteiger partial charge in [-0.15, -0.1) is 0 Å². The lowest BCUT2D eigenvalue weighted by Crippen LogP contribution is -2.24. The Labute approximate surface area is 58.0 Å². The molecule has 3 heteroatoms. The molecule has 0 aliphatic carbocycles. The Morgan fingerprint density at radius 2 is 2.22 bits per heavy atom. The largest absolute Gasteiger partial charge is 0.299 e. The fraction of sp³-hybridized carbons (Fsp3) is 0.667. The first kappa shape index (κ1) is 6.81. The van der Waals surface area contributed by atoms with E-state index in [4.69, 9.17) is 0 Å². The molecule has 0 N–H and O–H groups in total. The maximum absolute atomic E-state index is 10.8. The minimum atomic E-state index is -0.344. The van der Waals surface area contributed by atoms with E-state index in [-0.39, 0.29) is 16.8 Å². The Bertz CT molecular complexity index is 137. The number of rotatable bonds is 0. The minimum absolute atomic E-state index is 0.0336. The molecule has 1 fully saturated rings. The average Bonchev–Trinajstić information content (AvgIpc) is 1.83. The van der Waals surface area contributed by atoms with Gasteiger partial charge in [0, 0.05) is 12.2 Å². The molecule has 9 heavy (non-hydrogen) atoms. The first-order valence-corrected chi connectivity index (χ1v) is 3.89. The van der Waals surface area contributed by atoms with E-state index in [9.17, 15) is 9.59 Å². The van der Waals surface area contributed by atoms with E-state index in [1.165, 1.54) is 11.8 Å². The van der Waals surface area contributed by atoms with E-state index in [1.807, 2.05) is 0 Å². The molecular weight excluding hydrogens is 136 g/mol. The molecule has 1 unspecified atom stereocenters. The number of hydrogen-bond acceptors (Lipinski definition) is 3. The van der Waals surface area contributed by atoms with Gasteiger partial charge >= 0.3 is 0 Å². The fourth-order valence-electron chi connectivity index (χ4n) is 0.725. The van der Waals surface area contributed by atoms with Gasteiger partial charge in [-0.05, 0) is 6.92 Å². The highest BCUT2D eigenvalue weighted by Crippen LogP contribution is 2.20. The van der Waals surface area contributed by atoms with Gasteiger partial charge in [-0.1, -0.05) is 11.8 Å². The molecule has 2 nitrogen and oxygen atoms in total. The highest BCUT2D eigenvalue weighted by atomic mass is 32.2. The summed E-state index contributed by atoms with van der Waals surface area (Å²) in [5, 5.41) is 0.0336. The van der Waals surface area contributed by atoms with Crippen LogP contribution in [0, 0.1) is 5.92 Å². The third-order valence-corrected chi connectivity index (χ3v) is 2.48. The predicted octanol–water partition coefficient (Wildman–Crippen LogP) is 0.855. The lowest BCUT2D eigenvalue weighted by Gasteiger charge is -2.12. The van der Waals surface area contributed by atoms with Gasteiger partial charge in [0.1, 0.15) is 5.78 Å². The van der Waals surface area contributed by atoms with Gasteiger partial charge in [0.2, 0.25) is 0 Å². The number of thioether (sulfide) groups is 1. The highest BCUT2D eigenvalue weighted by molar-refractivity contribution is 8.13. The number of ketones is 1. The monoisotopic (exact) mass is 144 g/mol. The summed E-state index contributed by atoms with van der Waals surface area (Å²) in [6.07, 6.45) is 0.567. The normalized spacial score (nSPS) is 28.8. The van der Waals surface area contributed by atoms with Crippen molar-refractivity contribution in [2.75, 3.05) is 5.75 Å². The third-order valence-electron chi connectivity index (χ3n) is 1.43. The van der Waals surface area contributed by atoms with Crippen LogP contribution in [0.3, 0.4) is 0 Å². The summed E-state index contributed by atoms with van der Waals surface area (Å²) >= 11 is 1.27. The van der Waals surface area contributed by atoms with Crippen molar-refractivity contribution in [3.63, 3.8) is 0 Å². The zero-order valence-electron chi connectivity index (χ0n) is 5.22. The van der Waals surface area contributed by atoms with Gasteiger partial charge < -0.3 is 0 Å². The smallest absolute Gasteiger partial charge is 0.199 e. The summed E-state index contributed by atoms with van der Waals surface area (Å²) in [5.41, 5.74) is 0. The quantitative estimate of drug-likeness (QED) is 0.473. The molecule has 0 bridgehead atoms. The number of carbonyl (C=O) groups excluding carboxylic acids is 2. The van der Waals surface area contributed by atoms with E-state index in [0.29, 0.717) is 12.2 Å². The predicted molar refractivity (Wildman–Crippen MR) is 36.3 cm³/mol. The van der Waals surface area contributed by atoms with Crippen LogP contribution in [0.1, 0.15) is 13.3 Å². The molecule has 0 saturated carbocycles. The van der Waals surface area contributed by atoms with Gasteiger partial charge in [-0.25, -0.2) is 0 Å². The summed E-state index contributed by atoms with van der Waals surface area (Å²) < 4.78 is 0. The fourth-order valence-corrected chi connectivity index (χ4v) is 1.61. The molecule has 0 aromatic carbocycles. The molecule has 0 aromatic heterocycles. The van der Waals surface area contributed by atoms with Crippen molar-refractivity contribution >= 4 is 22.7 Å². The number of hydrogen-bond donors (Lipinski definition) is 0. The summed E-state index contributed by atoms with van der Waals surface area (Å²) in [4.78, 5) is 21.5. The second kappa shape index (κ2) is 2.52. The molecule has 0 radical (unpaired) electrons. The van der Waals surface area contributed by atoms with Crippen molar-refractivity contribution in [3.8, 4) is 0 Å². The Balaban J connectivity index is 2.62. The van der Waals surface area contributed by atoms with Crippen molar-refractivity contribution in [3.05, 3.63) is 0 Å². The Hall–Kier alpha value is -0.310. The van der Waals surface area contributed by atoms with Crippen molar-refractivity contribution < 1.29 is 9.59 Å². The summed E-state index contributed by atoms with van der Waals surface area (Å²) in [5.74, 6) is 0.435. The SMILES string of the molecule is CC1C(=O)CCSC1=O. The van der Waals surface area contributed by atoms with Crippen LogP contribution in [0.15, 0.2) is 0 Å². The summed E-state index contributed by atoms with van der Waals surface area (Å²) in [6.45, 7) is 1.68. The number of Topliss-reactive ketones (excluding diaryl/α,β-unsaturated/α-hetero) is 1. The number of carbonyl (C=O) groups is 2. The van der Waals surface area contributed by atoms with Crippen molar-refractivity contribution in [1.29, 1.82) is 0 Å². The first-order chi connectivity index (χ1) is 4.22. The molecule has 0 spiro atoms. The van der Waals surface area contributed by atoms with Crippen molar-refractivity contribution in [1.82, 2.24) is 0 Å². The average molecular weight is 144 g/mol. The molecule has 1 aliphatic rings. The molecule has 1 atom stereocenters. The third kappa shape index (κ3) is 1.33. The van der Waals surface area contributed by atoms with Gasteiger partial charge in [0.15, 0.2) is 5.12 Å². The molecule has 1 heterocycles. The molecule has 1 rings (SSSR count). The lowest BCUT2D eigenvalue weighted by molar-refractivity contribution is -0.128. The Morgan fingerprint density at radius 3 is 2.67 bits per heavy atom. The van der Waals surface area contributed by atoms with Gasteiger partial charge in [0.05, 0.1) is 5.92 Å². The summed E-state index contributed by atoms with van der Waals surface area (Å²) in [7, 11) is 0. The van der Waals surface area contributed by atoms with E-state index in [0.717, 1.165) is 0 Å². The zero-order chi connectivity index (χ0) is 6.85. The van der Waals surface area contributed by atoms with Crippen molar-refractivity contribution in [2.24, 2.45) is 5.92 Å². The van der Waals surface area contributed by atoms with Crippen LogP contribution >= 0.6 is 11.8 Å². The Morgan fingerprint density at radius 1 is 1.56 bits per heavy atom. The second-order valence-electron chi connectivity index (χ2n) is 2.11. The molecule has 0 aromatic rings. The topological polar surface area (TPSA) is 34.1 Å². The van der Waals surface area contributed by atoms with Gasteiger partial charge in [-0.3, -0.25) is 9.59 Å². The van der Waals surface area contributed by atoms with Crippen LogP contribution in [0.5, 0.6) is 0 Å². The minimum Gasteiger partial charge on any atom is -0.299 e. The lowest BCUT2D eigenvalue weighted by atomic mass is 10.1. The van der Waals surface area contributed by atoms with E-state index >= 15 is 0 Å². The van der Waals surface area contributed by atoms with E-state index in [2.05, 4.69) is 0 Å². The summed E-state index contributed by atoms with van der Waals surface area (Å²) in [6, 6.07) is 0. The molecule has 1 saturated heterocycles. The maximum Gasteiger partial charge on any atom is 0.199 e. The van der Waals surface area contributed by atoms with Crippen LogP contribution < -0.4 is 0 Å².